The first kappa shape index (κ1) is 21.5. The molecule has 3 rings (SSSR count). The molecule has 1 aliphatic heterocycles. The average molecular weight is 415 g/mol. The topological polar surface area (TPSA) is 57.7 Å². The Morgan fingerprint density at radius 3 is 2.17 bits per heavy atom. The van der Waals surface area contributed by atoms with Crippen LogP contribution in [0, 0.1) is 26.7 Å². The Kier molecular flexibility index (Phi) is 6.44. The Labute approximate surface area is 174 Å². The molecular formula is C23H30N2O3S. The fourth-order valence-electron chi connectivity index (χ4n) is 3.87. The maximum Gasteiger partial charge on any atom is 0.243 e. The molecule has 2 aromatic carbocycles. The van der Waals surface area contributed by atoms with Crippen molar-refractivity contribution in [2.45, 2.75) is 45.1 Å². The van der Waals surface area contributed by atoms with E-state index < -0.39 is 10.0 Å². The highest BCUT2D eigenvalue weighted by molar-refractivity contribution is 7.89. The first-order valence-electron chi connectivity index (χ1n) is 10.1. The minimum atomic E-state index is -3.50. The zero-order valence-corrected chi connectivity index (χ0v) is 18.5. The SMILES string of the molecule is Cc1ccc(S(=O)(=O)N2CCC(C(=O)N(C)Cc3ccc(C)cc3C)CC2)cc1. The average Bonchev–Trinajstić information content (AvgIpc) is 2.70. The van der Waals surface area contributed by atoms with E-state index in [4.69, 9.17) is 0 Å². The van der Waals surface area contributed by atoms with Gasteiger partial charge in [0.2, 0.25) is 15.9 Å². The molecule has 2 aromatic rings. The predicted molar refractivity (Wildman–Crippen MR) is 115 cm³/mol. The summed E-state index contributed by atoms with van der Waals surface area (Å²) in [6.45, 7) is 7.39. The summed E-state index contributed by atoms with van der Waals surface area (Å²) >= 11 is 0. The van der Waals surface area contributed by atoms with Crippen molar-refractivity contribution in [2.24, 2.45) is 5.92 Å². The van der Waals surface area contributed by atoms with Crippen LogP contribution in [0.5, 0.6) is 0 Å². The standard InChI is InChI=1S/C23H30N2O3S/c1-17-6-9-22(10-7-17)29(27,28)25-13-11-20(12-14-25)23(26)24(4)16-21-8-5-18(2)15-19(21)3/h5-10,15,20H,11-14,16H2,1-4H3. The zero-order valence-electron chi connectivity index (χ0n) is 17.7. The van der Waals surface area contributed by atoms with Crippen molar-refractivity contribution in [3.8, 4) is 0 Å². The third-order valence-corrected chi connectivity index (χ3v) is 7.66. The van der Waals surface area contributed by atoms with Crippen molar-refractivity contribution >= 4 is 15.9 Å². The molecule has 1 aliphatic rings. The predicted octanol–water partition coefficient (Wildman–Crippen LogP) is 3.67. The molecule has 6 heteroatoms. The van der Waals surface area contributed by atoms with Crippen molar-refractivity contribution in [3.05, 3.63) is 64.7 Å². The number of carbonyl (C=O) groups is 1. The summed E-state index contributed by atoms with van der Waals surface area (Å²) in [5.41, 5.74) is 4.57. The van der Waals surface area contributed by atoms with Crippen LogP contribution in [-0.2, 0) is 21.4 Å². The number of aryl methyl sites for hydroxylation is 3. The van der Waals surface area contributed by atoms with E-state index in [1.807, 2.05) is 26.1 Å². The van der Waals surface area contributed by atoms with Crippen LogP contribution in [0.1, 0.15) is 35.1 Å². The number of nitrogens with zero attached hydrogens (tertiary/aromatic N) is 2. The van der Waals surface area contributed by atoms with Gasteiger partial charge in [-0.25, -0.2) is 8.42 Å². The molecular weight excluding hydrogens is 384 g/mol. The van der Waals surface area contributed by atoms with Crippen LogP contribution in [0.4, 0.5) is 0 Å². The summed E-state index contributed by atoms with van der Waals surface area (Å²) < 4.78 is 27.2. The monoisotopic (exact) mass is 414 g/mol. The van der Waals surface area contributed by atoms with Gasteiger partial charge in [-0.05, 0) is 56.9 Å². The molecule has 1 amide bonds. The van der Waals surface area contributed by atoms with Crippen molar-refractivity contribution < 1.29 is 13.2 Å². The molecule has 1 saturated heterocycles. The lowest BCUT2D eigenvalue weighted by Crippen LogP contribution is -2.43. The fourth-order valence-corrected chi connectivity index (χ4v) is 5.34. The fraction of sp³-hybridized carbons (Fsp3) is 0.435. The molecule has 29 heavy (non-hydrogen) atoms. The molecule has 0 saturated carbocycles. The van der Waals surface area contributed by atoms with Crippen LogP contribution in [0.2, 0.25) is 0 Å². The van der Waals surface area contributed by atoms with Gasteiger partial charge >= 0.3 is 0 Å². The third kappa shape index (κ3) is 4.87. The van der Waals surface area contributed by atoms with Crippen molar-refractivity contribution in [3.63, 3.8) is 0 Å². The van der Waals surface area contributed by atoms with E-state index in [1.54, 1.807) is 17.0 Å². The van der Waals surface area contributed by atoms with Crippen LogP contribution < -0.4 is 0 Å². The summed E-state index contributed by atoms with van der Waals surface area (Å²) in [7, 11) is -1.67. The quantitative estimate of drug-likeness (QED) is 0.750. The molecule has 0 aromatic heterocycles. The van der Waals surface area contributed by atoms with Crippen LogP contribution in [0.15, 0.2) is 47.4 Å². The number of hydrogen-bond acceptors (Lipinski definition) is 3. The normalized spacial score (nSPS) is 16.0. The second-order valence-corrected chi connectivity index (χ2v) is 10.1. The van der Waals surface area contributed by atoms with E-state index in [9.17, 15) is 13.2 Å². The van der Waals surface area contributed by atoms with Crippen LogP contribution in [-0.4, -0.2) is 43.7 Å². The maximum absolute atomic E-state index is 12.9. The molecule has 0 N–H and O–H groups in total. The first-order valence-corrected chi connectivity index (χ1v) is 11.5. The highest BCUT2D eigenvalue weighted by Gasteiger charge is 2.33. The Morgan fingerprint density at radius 1 is 1.00 bits per heavy atom. The second-order valence-electron chi connectivity index (χ2n) is 8.12. The van der Waals surface area contributed by atoms with Gasteiger partial charge in [0, 0.05) is 32.6 Å². The molecule has 1 heterocycles. The molecule has 0 bridgehead atoms. The number of hydrogen-bond donors (Lipinski definition) is 0. The van der Waals surface area contributed by atoms with Crippen molar-refractivity contribution in [2.75, 3.05) is 20.1 Å². The number of piperidine rings is 1. The van der Waals surface area contributed by atoms with Gasteiger partial charge in [-0.15, -0.1) is 0 Å². The molecule has 0 spiro atoms. The Morgan fingerprint density at radius 2 is 1.59 bits per heavy atom. The van der Waals surface area contributed by atoms with Gasteiger partial charge in [-0.1, -0.05) is 41.5 Å². The van der Waals surface area contributed by atoms with Crippen LogP contribution >= 0.6 is 0 Å². The Balaban J connectivity index is 1.60. The van der Waals surface area contributed by atoms with E-state index in [0.29, 0.717) is 37.4 Å². The number of amides is 1. The number of sulfonamides is 1. The molecule has 0 atom stereocenters. The molecule has 1 fully saturated rings. The zero-order chi connectivity index (χ0) is 21.2. The van der Waals surface area contributed by atoms with E-state index >= 15 is 0 Å². The van der Waals surface area contributed by atoms with Crippen molar-refractivity contribution in [1.29, 1.82) is 0 Å². The molecule has 5 nitrogen and oxygen atoms in total. The van der Waals surface area contributed by atoms with E-state index in [0.717, 1.165) is 11.1 Å². The lowest BCUT2D eigenvalue weighted by molar-refractivity contribution is -0.135. The van der Waals surface area contributed by atoms with Gasteiger partial charge in [-0.2, -0.15) is 4.31 Å². The Bertz CT molecular complexity index is 976. The van der Waals surface area contributed by atoms with E-state index in [-0.39, 0.29) is 11.8 Å². The lowest BCUT2D eigenvalue weighted by atomic mass is 9.96. The van der Waals surface area contributed by atoms with Gasteiger partial charge in [0.05, 0.1) is 4.90 Å². The van der Waals surface area contributed by atoms with Gasteiger partial charge in [0.1, 0.15) is 0 Å². The second kappa shape index (κ2) is 8.67. The first-order chi connectivity index (χ1) is 13.7. The number of rotatable bonds is 5. The van der Waals surface area contributed by atoms with Gasteiger partial charge in [-0.3, -0.25) is 4.79 Å². The summed E-state index contributed by atoms with van der Waals surface area (Å²) in [6.07, 6.45) is 1.11. The summed E-state index contributed by atoms with van der Waals surface area (Å²) in [6, 6.07) is 13.2. The molecule has 0 aliphatic carbocycles. The van der Waals surface area contributed by atoms with Crippen molar-refractivity contribution in [1.82, 2.24) is 9.21 Å². The summed E-state index contributed by atoms with van der Waals surface area (Å²) in [5.74, 6) is -0.0346. The van der Waals surface area contributed by atoms with Gasteiger partial charge < -0.3 is 4.90 Å². The Hall–Kier alpha value is -2.18. The highest BCUT2D eigenvalue weighted by atomic mass is 32.2. The third-order valence-electron chi connectivity index (χ3n) is 5.74. The number of benzene rings is 2. The largest absolute Gasteiger partial charge is 0.341 e. The van der Waals surface area contributed by atoms with Crippen LogP contribution in [0.25, 0.3) is 0 Å². The number of carbonyl (C=O) groups excluding carboxylic acids is 1. The molecule has 0 radical (unpaired) electrons. The molecule has 156 valence electrons. The van der Waals surface area contributed by atoms with Gasteiger partial charge in [0.25, 0.3) is 0 Å². The smallest absolute Gasteiger partial charge is 0.243 e. The van der Waals surface area contributed by atoms with E-state index in [2.05, 4.69) is 32.0 Å². The summed E-state index contributed by atoms with van der Waals surface area (Å²) in [5, 5.41) is 0. The van der Waals surface area contributed by atoms with Crippen LogP contribution in [0.3, 0.4) is 0 Å². The maximum atomic E-state index is 12.9. The molecule has 0 unspecified atom stereocenters. The lowest BCUT2D eigenvalue weighted by Gasteiger charge is -2.32. The minimum absolute atomic E-state index is 0.0948. The van der Waals surface area contributed by atoms with E-state index in [1.165, 1.54) is 15.4 Å². The summed E-state index contributed by atoms with van der Waals surface area (Å²) in [4.78, 5) is 15.0. The van der Waals surface area contributed by atoms with Gasteiger partial charge in [0.15, 0.2) is 0 Å². The minimum Gasteiger partial charge on any atom is -0.341 e. The highest BCUT2D eigenvalue weighted by Crippen LogP contribution is 2.26.